The lowest BCUT2D eigenvalue weighted by molar-refractivity contribution is 0.0949. The lowest BCUT2D eigenvalue weighted by atomic mass is 10.1. The summed E-state index contributed by atoms with van der Waals surface area (Å²) in [6.07, 6.45) is 2.20. The Hall–Kier alpha value is -3.65. The number of amides is 1. The highest BCUT2D eigenvalue weighted by Crippen LogP contribution is 2.21. The zero-order valence-electron chi connectivity index (χ0n) is 18.2. The second kappa shape index (κ2) is 8.12. The second-order valence-electron chi connectivity index (χ2n) is 8.22. The molecule has 4 heterocycles. The predicted molar refractivity (Wildman–Crippen MR) is 119 cm³/mol. The highest BCUT2D eigenvalue weighted by Gasteiger charge is 2.26. The quantitative estimate of drug-likeness (QED) is 0.525. The Morgan fingerprint density at radius 3 is 2.75 bits per heavy atom. The molecule has 1 aromatic carbocycles. The Morgan fingerprint density at radius 1 is 1.19 bits per heavy atom. The van der Waals surface area contributed by atoms with Gasteiger partial charge in [0.15, 0.2) is 5.65 Å². The Labute approximate surface area is 185 Å². The molecule has 8 heteroatoms. The van der Waals surface area contributed by atoms with E-state index in [0.29, 0.717) is 23.5 Å². The van der Waals surface area contributed by atoms with Gasteiger partial charge in [-0.3, -0.25) is 14.5 Å². The number of carbonyl (C=O) groups excluding carboxylic acids is 1. The van der Waals surface area contributed by atoms with Crippen LogP contribution in [0.15, 0.2) is 57.9 Å². The Kier molecular flexibility index (Phi) is 5.14. The number of hydrogen-bond donors (Lipinski definition) is 1. The minimum absolute atomic E-state index is 0.161. The van der Waals surface area contributed by atoms with Crippen molar-refractivity contribution in [1.82, 2.24) is 24.4 Å². The summed E-state index contributed by atoms with van der Waals surface area (Å²) in [5, 5.41) is 7.12. The van der Waals surface area contributed by atoms with Gasteiger partial charge in [0.1, 0.15) is 17.1 Å². The molecule has 0 unspecified atom stereocenters. The molecule has 164 valence electrons. The minimum Gasteiger partial charge on any atom is -0.465 e. The fraction of sp³-hybridized carbons (Fsp3) is 0.292. The lowest BCUT2D eigenvalue weighted by Crippen LogP contribution is -2.38. The topological polar surface area (TPSA) is 84.8 Å². The van der Waals surface area contributed by atoms with Crippen LogP contribution in [0.3, 0.4) is 0 Å². The van der Waals surface area contributed by atoms with E-state index in [1.54, 1.807) is 0 Å². The second-order valence-corrected chi connectivity index (χ2v) is 8.22. The molecule has 0 saturated carbocycles. The molecule has 0 radical (unpaired) electrons. The van der Waals surface area contributed by atoms with Crippen LogP contribution in [0.1, 0.15) is 38.7 Å². The van der Waals surface area contributed by atoms with Gasteiger partial charge in [-0.2, -0.15) is 9.61 Å². The largest absolute Gasteiger partial charge is 0.465 e. The van der Waals surface area contributed by atoms with Crippen LogP contribution in [-0.4, -0.2) is 31.5 Å². The molecule has 0 aliphatic carbocycles. The number of aromatic nitrogens is 3. The molecule has 1 N–H and O–H groups in total. The Balaban J connectivity index is 1.43. The first kappa shape index (κ1) is 20.3. The summed E-state index contributed by atoms with van der Waals surface area (Å²) in [6.45, 7) is 4.33. The van der Waals surface area contributed by atoms with Gasteiger partial charge in [0.05, 0.1) is 18.3 Å². The van der Waals surface area contributed by atoms with Crippen molar-refractivity contribution in [3.05, 3.63) is 92.9 Å². The summed E-state index contributed by atoms with van der Waals surface area (Å²) in [5.74, 6) is 1.18. The summed E-state index contributed by atoms with van der Waals surface area (Å²) in [4.78, 5) is 28.4. The number of hydrogen-bond acceptors (Lipinski definition) is 5. The third kappa shape index (κ3) is 3.62. The van der Waals surface area contributed by atoms with Gasteiger partial charge < -0.3 is 14.3 Å². The van der Waals surface area contributed by atoms with E-state index in [1.807, 2.05) is 48.9 Å². The zero-order chi connectivity index (χ0) is 22.2. The van der Waals surface area contributed by atoms with Crippen molar-refractivity contribution in [3.8, 4) is 0 Å². The van der Waals surface area contributed by atoms with Gasteiger partial charge >= 0.3 is 0 Å². The maximum atomic E-state index is 13.3. The van der Waals surface area contributed by atoms with Crippen molar-refractivity contribution in [3.63, 3.8) is 0 Å². The molecule has 0 fully saturated rings. The average molecular weight is 431 g/mol. The van der Waals surface area contributed by atoms with Gasteiger partial charge in [-0.15, -0.1) is 0 Å². The Morgan fingerprint density at radius 2 is 2.00 bits per heavy atom. The van der Waals surface area contributed by atoms with E-state index in [4.69, 9.17) is 4.42 Å². The Bertz CT molecular complexity index is 1350. The standard InChI is InChI=1S/C24H25N5O3/c1-16-8-9-18(32-16)12-25-22(30)19-13-26-29-23(19)27(2)21-10-11-28(15-20(21)24(29)31)14-17-6-4-3-5-7-17/h3-9,13H,10-12,14-15H2,1-2H3,(H,25,30). The first-order valence-corrected chi connectivity index (χ1v) is 10.7. The first-order chi connectivity index (χ1) is 15.5. The molecule has 1 amide bonds. The molecule has 3 aromatic heterocycles. The molecular weight excluding hydrogens is 406 g/mol. The SMILES string of the molecule is Cc1ccc(CNC(=O)c2cnn3c(=O)c4c(n(C)c23)CCN(Cc2ccccc2)C4)o1. The van der Waals surface area contributed by atoms with Crippen LogP contribution in [0.4, 0.5) is 0 Å². The van der Waals surface area contributed by atoms with Crippen molar-refractivity contribution in [2.24, 2.45) is 7.05 Å². The fourth-order valence-electron chi connectivity index (χ4n) is 4.42. The van der Waals surface area contributed by atoms with E-state index in [2.05, 4.69) is 27.4 Å². The molecule has 8 nitrogen and oxygen atoms in total. The van der Waals surface area contributed by atoms with E-state index >= 15 is 0 Å². The molecule has 5 rings (SSSR count). The van der Waals surface area contributed by atoms with Crippen molar-refractivity contribution in [2.45, 2.75) is 33.0 Å². The van der Waals surface area contributed by atoms with Crippen LogP contribution in [-0.2, 0) is 33.1 Å². The highest BCUT2D eigenvalue weighted by molar-refractivity contribution is 5.99. The molecular formula is C24H25N5O3. The normalized spacial score (nSPS) is 13.9. The van der Waals surface area contributed by atoms with Crippen LogP contribution in [0, 0.1) is 6.92 Å². The number of nitrogens with one attached hydrogen (secondary N) is 1. The van der Waals surface area contributed by atoms with Gasteiger partial charge in [-0.25, -0.2) is 0 Å². The smallest absolute Gasteiger partial charge is 0.279 e. The molecule has 0 atom stereocenters. The number of nitrogens with zero attached hydrogens (tertiary/aromatic N) is 4. The molecule has 0 spiro atoms. The molecule has 0 bridgehead atoms. The summed E-state index contributed by atoms with van der Waals surface area (Å²) in [5.41, 5.74) is 3.65. The highest BCUT2D eigenvalue weighted by atomic mass is 16.3. The van der Waals surface area contributed by atoms with E-state index in [-0.39, 0.29) is 18.0 Å². The minimum atomic E-state index is -0.287. The monoisotopic (exact) mass is 431 g/mol. The first-order valence-electron chi connectivity index (χ1n) is 10.7. The predicted octanol–water partition coefficient (Wildman–Crippen LogP) is 2.42. The van der Waals surface area contributed by atoms with Crippen LogP contribution in [0.5, 0.6) is 0 Å². The molecule has 4 aromatic rings. The van der Waals surface area contributed by atoms with Gasteiger partial charge in [0, 0.05) is 38.8 Å². The number of aryl methyl sites for hydroxylation is 2. The van der Waals surface area contributed by atoms with E-state index in [9.17, 15) is 9.59 Å². The third-order valence-electron chi connectivity index (χ3n) is 6.02. The van der Waals surface area contributed by atoms with Crippen molar-refractivity contribution in [2.75, 3.05) is 6.54 Å². The summed E-state index contributed by atoms with van der Waals surface area (Å²) in [7, 11) is 1.90. The summed E-state index contributed by atoms with van der Waals surface area (Å²) in [6, 6.07) is 13.9. The van der Waals surface area contributed by atoms with Gasteiger partial charge in [0.2, 0.25) is 0 Å². The van der Waals surface area contributed by atoms with Crippen LogP contribution < -0.4 is 10.9 Å². The van der Waals surface area contributed by atoms with Gasteiger partial charge in [-0.05, 0) is 24.6 Å². The van der Waals surface area contributed by atoms with Crippen LogP contribution >= 0.6 is 0 Å². The maximum absolute atomic E-state index is 13.3. The summed E-state index contributed by atoms with van der Waals surface area (Å²) < 4.78 is 8.80. The van der Waals surface area contributed by atoms with E-state index in [1.165, 1.54) is 16.3 Å². The number of carbonyl (C=O) groups is 1. The number of fused-ring (bicyclic) bond motifs is 2. The van der Waals surface area contributed by atoms with Crippen molar-refractivity contribution in [1.29, 1.82) is 0 Å². The van der Waals surface area contributed by atoms with Crippen LogP contribution in [0.25, 0.3) is 5.65 Å². The lowest BCUT2D eigenvalue weighted by Gasteiger charge is -2.29. The average Bonchev–Trinajstić information content (AvgIpc) is 3.43. The van der Waals surface area contributed by atoms with E-state index in [0.717, 1.165) is 36.5 Å². The third-order valence-corrected chi connectivity index (χ3v) is 6.02. The van der Waals surface area contributed by atoms with Gasteiger partial charge in [0.25, 0.3) is 11.5 Å². The van der Waals surface area contributed by atoms with Crippen molar-refractivity contribution >= 4 is 11.6 Å². The number of benzene rings is 1. The molecule has 0 saturated heterocycles. The fourth-order valence-corrected chi connectivity index (χ4v) is 4.42. The molecule has 32 heavy (non-hydrogen) atoms. The number of furan rings is 1. The molecule has 1 aliphatic heterocycles. The summed E-state index contributed by atoms with van der Waals surface area (Å²) >= 11 is 0. The van der Waals surface area contributed by atoms with Crippen LogP contribution in [0.2, 0.25) is 0 Å². The van der Waals surface area contributed by atoms with Crippen molar-refractivity contribution < 1.29 is 9.21 Å². The number of rotatable bonds is 5. The van der Waals surface area contributed by atoms with E-state index < -0.39 is 0 Å². The molecule has 1 aliphatic rings. The maximum Gasteiger partial charge on any atom is 0.279 e. The van der Waals surface area contributed by atoms with Gasteiger partial charge in [-0.1, -0.05) is 30.3 Å². The zero-order valence-corrected chi connectivity index (χ0v) is 18.2.